The van der Waals surface area contributed by atoms with Crippen LogP contribution in [0.25, 0.3) is 0 Å². The third-order valence-corrected chi connectivity index (χ3v) is 8.19. The van der Waals surface area contributed by atoms with Gasteiger partial charge >= 0.3 is 0 Å². The summed E-state index contributed by atoms with van der Waals surface area (Å²) < 4.78 is 22.7. The van der Waals surface area contributed by atoms with Crippen molar-refractivity contribution in [1.29, 1.82) is 0 Å². The lowest BCUT2D eigenvalue weighted by atomic mass is 9.61. The van der Waals surface area contributed by atoms with Crippen molar-refractivity contribution in [2.75, 3.05) is 33.4 Å². The number of hydrogen-bond acceptors (Lipinski definition) is 5. The zero-order chi connectivity index (χ0) is 24.6. The number of ether oxygens (including phenoxy) is 4. The van der Waals surface area contributed by atoms with Gasteiger partial charge in [0.05, 0.1) is 31.3 Å². The van der Waals surface area contributed by atoms with E-state index in [1.165, 1.54) is 0 Å². The minimum atomic E-state index is -0.355. The van der Waals surface area contributed by atoms with Crippen molar-refractivity contribution < 1.29 is 23.7 Å². The molecular weight excluding hydrogens is 430 g/mol. The monoisotopic (exact) mass is 473 g/mol. The molecule has 6 heteroatoms. The fraction of sp³-hybridized carbons (Fsp3) is 0.750. The second-order valence-electron chi connectivity index (χ2n) is 12.7. The average Bonchev–Trinajstić information content (AvgIpc) is 2.79. The first-order chi connectivity index (χ1) is 16.0. The van der Waals surface area contributed by atoms with Crippen molar-refractivity contribution >= 4 is 5.91 Å². The smallest absolute Gasteiger partial charge is 0.251 e. The molecule has 2 saturated heterocycles. The zero-order valence-electron chi connectivity index (χ0n) is 21.8. The summed E-state index contributed by atoms with van der Waals surface area (Å²) in [6, 6.07) is 8.02. The molecule has 0 bridgehead atoms. The number of nitrogens with one attached hydrogen (secondary N) is 1. The molecule has 0 aromatic heterocycles. The minimum absolute atomic E-state index is 0.00644. The van der Waals surface area contributed by atoms with Crippen LogP contribution in [0.2, 0.25) is 0 Å². The van der Waals surface area contributed by atoms with Gasteiger partial charge in [0.2, 0.25) is 0 Å². The third kappa shape index (κ3) is 5.51. The van der Waals surface area contributed by atoms with E-state index < -0.39 is 0 Å². The molecule has 34 heavy (non-hydrogen) atoms. The number of rotatable bonds is 3. The quantitative estimate of drug-likeness (QED) is 0.643. The first kappa shape index (κ1) is 25.6. The summed E-state index contributed by atoms with van der Waals surface area (Å²) in [5.41, 5.74) is 1.79. The second-order valence-corrected chi connectivity index (χ2v) is 12.7. The Kier molecular flexibility index (Phi) is 7.45. The fourth-order valence-electron chi connectivity index (χ4n) is 6.04. The Morgan fingerprint density at radius 2 is 1.50 bits per heavy atom. The predicted molar refractivity (Wildman–Crippen MR) is 131 cm³/mol. The van der Waals surface area contributed by atoms with E-state index in [2.05, 4.69) is 46.9 Å². The van der Waals surface area contributed by atoms with Crippen molar-refractivity contribution in [2.24, 2.45) is 28.1 Å². The molecule has 190 valence electrons. The minimum Gasteiger partial charge on any atom is -0.355 e. The molecule has 6 nitrogen and oxygen atoms in total. The molecule has 3 aliphatic rings. The zero-order valence-corrected chi connectivity index (χ0v) is 21.8. The number of carbonyl (C=O) groups excluding carboxylic acids is 1. The van der Waals surface area contributed by atoms with Gasteiger partial charge in [0.25, 0.3) is 5.91 Å². The molecule has 1 spiro atoms. The van der Waals surface area contributed by atoms with Crippen molar-refractivity contribution in [3.8, 4) is 0 Å². The lowest BCUT2D eigenvalue weighted by Gasteiger charge is -2.47. The normalized spacial score (nSPS) is 30.2. The summed E-state index contributed by atoms with van der Waals surface area (Å²) in [7, 11) is 0. The summed E-state index contributed by atoms with van der Waals surface area (Å²) in [4.78, 5) is 13.2. The van der Waals surface area contributed by atoms with Gasteiger partial charge in [-0.15, -0.1) is 0 Å². The molecule has 2 aliphatic heterocycles. The molecule has 4 atom stereocenters. The molecule has 2 heterocycles. The molecule has 4 unspecified atom stereocenters. The number of hydrogen-bond donors (Lipinski definition) is 1. The molecule has 0 radical (unpaired) electrons. The van der Waals surface area contributed by atoms with Crippen molar-refractivity contribution in [2.45, 2.75) is 73.0 Å². The second kappa shape index (κ2) is 9.88. The van der Waals surface area contributed by atoms with Gasteiger partial charge in [-0.1, -0.05) is 53.7 Å². The van der Waals surface area contributed by atoms with Crippen LogP contribution < -0.4 is 5.32 Å². The first-order valence-corrected chi connectivity index (χ1v) is 12.8. The summed E-state index contributed by atoms with van der Waals surface area (Å²) in [5.74, 6) is 1.14. The average molecular weight is 474 g/mol. The van der Waals surface area contributed by atoms with E-state index in [9.17, 15) is 4.79 Å². The maximum atomic E-state index is 13.2. The molecular formula is C28H43NO5. The highest BCUT2D eigenvalue weighted by molar-refractivity contribution is 5.94. The molecule has 1 aliphatic carbocycles. The summed E-state index contributed by atoms with van der Waals surface area (Å²) >= 11 is 0. The Bertz CT molecular complexity index is 824. The molecule has 1 aromatic rings. The van der Waals surface area contributed by atoms with E-state index in [4.69, 9.17) is 18.9 Å². The van der Waals surface area contributed by atoms with Crippen molar-refractivity contribution in [3.05, 3.63) is 35.4 Å². The van der Waals surface area contributed by atoms with Crippen LogP contribution in [0, 0.1) is 28.1 Å². The maximum Gasteiger partial charge on any atom is 0.251 e. The molecule has 3 fully saturated rings. The Morgan fingerprint density at radius 1 is 0.882 bits per heavy atom. The standard InChI is InChI=1S/C28H43NO5/c1-26(2,3)21-11-12-23(22(13-21)27(4,5)6)29-25(30)20-9-7-19(8-10-20)24-28(16-33-18-34-24)14-31-17-32-15-28/h7-10,21-24H,11-18H2,1-6H3,(H,29,30). The number of benzene rings is 1. The highest BCUT2D eigenvalue weighted by atomic mass is 16.7. The molecule has 4 rings (SSSR count). The van der Waals surface area contributed by atoms with Crippen LogP contribution in [0.5, 0.6) is 0 Å². The number of amides is 1. The van der Waals surface area contributed by atoms with Crippen LogP contribution in [-0.2, 0) is 18.9 Å². The highest BCUT2D eigenvalue weighted by Gasteiger charge is 2.46. The molecule has 1 N–H and O–H groups in total. The highest BCUT2D eigenvalue weighted by Crippen LogP contribution is 2.46. The van der Waals surface area contributed by atoms with Gasteiger partial charge in [0.15, 0.2) is 0 Å². The van der Waals surface area contributed by atoms with E-state index in [0.717, 1.165) is 24.8 Å². The van der Waals surface area contributed by atoms with E-state index in [-0.39, 0.29) is 35.7 Å². The van der Waals surface area contributed by atoms with E-state index in [0.29, 0.717) is 49.4 Å². The topological polar surface area (TPSA) is 66.0 Å². The fourth-order valence-corrected chi connectivity index (χ4v) is 6.04. The SMILES string of the molecule is CC(C)(C)C1CCC(NC(=O)c2ccc(C3OCOCC34COCOC4)cc2)C(C(C)(C)C)C1. The van der Waals surface area contributed by atoms with Gasteiger partial charge < -0.3 is 24.3 Å². The lowest BCUT2D eigenvalue weighted by Crippen LogP contribution is -2.50. The van der Waals surface area contributed by atoms with Crippen LogP contribution in [-0.4, -0.2) is 45.4 Å². The van der Waals surface area contributed by atoms with Gasteiger partial charge in [0, 0.05) is 11.6 Å². The van der Waals surface area contributed by atoms with Gasteiger partial charge in [-0.25, -0.2) is 0 Å². The summed E-state index contributed by atoms with van der Waals surface area (Å²) in [6.45, 7) is 16.1. The van der Waals surface area contributed by atoms with E-state index in [1.807, 2.05) is 24.3 Å². The Morgan fingerprint density at radius 3 is 2.09 bits per heavy atom. The largest absolute Gasteiger partial charge is 0.355 e. The Labute approximate surface area is 205 Å². The van der Waals surface area contributed by atoms with Gasteiger partial charge in [-0.05, 0) is 59.6 Å². The van der Waals surface area contributed by atoms with Crippen molar-refractivity contribution in [3.63, 3.8) is 0 Å². The van der Waals surface area contributed by atoms with Crippen LogP contribution in [0.4, 0.5) is 0 Å². The predicted octanol–water partition coefficient (Wildman–Crippen LogP) is 5.33. The lowest BCUT2D eigenvalue weighted by molar-refractivity contribution is -0.279. The van der Waals surface area contributed by atoms with Gasteiger partial charge in [-0.3, -0.25) is 4.79 Å². The van der Waals surface area contributed by atoms with Crippen LogP contribution >= 0.6 is 0 Å². The summed E-state index contributed by atoms with van der Waals surface area (Å²) in [5, 5.41) is 3.39. The van der Waals surface area contributed by atoms with E-state index in [1.54, 1.807) is 0 Å². The molecule has 1 saturated carbocycles. The number of carbonyl (C=O) groups is 1. The maximum absolute atomic E-state index is 13.2. The molecule has 1 amide bonds. The third-order valence-electron chi connectivity index (χ3n) is 8.19. The van der Waals surface area contributed by atoms with Gasteiger partial charge in [-0.2, -0.15) is 0 Å². The van der Waals surface area contributed by atoms with Gasteiger partial charge in [0.1, 0.15) is 13.6 Å². The van der Waals surface area contributed by atoms with Crippen LogP contribution in [0.1, 0.15) is 82.8 Å². The first-order valence-electron chi connectivity index (χ1n) is 12.8. The molecule has 1 aromatic carbocycles. The van der Waals surface area contributed by atoms with Crippen molar-refractivity contribution in [1.82, 2.24) is 5.32 Å². The summed E-state index contributed by atoms with van der Waals surface area (Å²) in [6.07, 6.45) is 3.17. The van der Waals surface area contributed by atoms with E-state index >= 15 is 0 Å². The Balaban J connectivity index is 1.45. The van der Waals surface area contributed by atoms with Crippen LogP contribution in [0.15, 0.2) is 24.3 Å². The Hall–Kier alpha value is -1.47. The van der Waals surface area contributed by atoms with Crippen LogP contribution in [0.3, 0.4) is 0 Å².